The van der Waals surface area contributed by atoms with E-state index in [4.69, 9.17) is 14.2 Å². The van der Waals surface area contributed by atoms with Gasteiger partial charge in [0.1, 0.15) is 11.5 Å². The van der Waals surface area contributed by atoms with Crippen LogP contribution in [0.2, 0.25) is 0 Å². The van der Waals surface area contributed by atoms with E-state index >= 15 is 0 Å². The molecule has 0 aliphatic rings. The van der Waals surface area contributed by atoms with E-state index in [1.165, 1.54) is 25.7 Å². The van der Waals surface area contributed by atoms with Crippen molar-refractivity contribution in [2.45, 2.75) is 45.4 Å². The summed E-state index contributed by atoms with van der Waals surface area (Å²) in [5.74, 6) is 0.127. The number of carbonyl (C=O) groups excluding carboxylic acids is 2. The number of benzene rings is 2. The zero-order chi connectivity index (χ0) is 20.2. The normalized spacial score (nSPS) is 10.4. The van der Waals surface area contributed by atoms with Crippen LogP contribution in [0.5, 0.6) is 11.5 Å². The number of unbranched alkanes of at least 4 members (excludes halogenated alkanes) is 5. The minimum atomic E-state index is -0.500. The summed E-state index contributed by atoms with van der Waals surface area (Å²) in [6.45, 7) is 2.61. The van der Waals surface area contributed by atoms with Gasteiger partial charge in [-0.05, 0) is 42.8 Å². The van der Waals surface area contributed by atoms with Gasteiger partial charge < -0.3 is 14.2 Å². The van der Waals surface area contributed by atoms with Crippen LogP contribution in [-0.2, 0) is 4.74 Å². The quantitative estimate of drug-likeness (QED) is 0.294. The molecule has 5 nitrogen and oxygen atoms in total. The molecule has 0 heterocycles. The molecule has 0 radical (unpaired) electrons. The van der Waals surface area contributed by atoms with E-state index in [0.29, 0.717) is 29.2 Å². The molecular formula is C23H28O5. The third kappa shape index (κ3) is 7.06. The second-order valence-electron chi connectivity index (χ2n) is 6.55. The van der Waals surface area contributed by atoms with Gasteiger partial charge in [-0.1, -0.05) is 45.1 Å². The van der Waals surface area contributed by atoms with Crippen molar-refractivity contribution in [3.8, 4) is 11.5 Å². The maximum absolute atomic E-state index is 12.2. The van der Waals surface area contributed by atoms with Crippen molar-refractivity contribution in [2.24, 2.45) is 0 Å². The Hall–Kier alpha value is -2.82. The molecule has 0 atom stereocenters. The van der Waals surface area contributed by atoms with Crippen molar-refractivity contribution in [3.63, 3.8) is 0 Å². The minimum absolute atomic E-state index is 0.357. The highest BCUT2D eigenvalue weighted by Gasteiger charge is 2.12. The molecule has 5 heteroatoms. The van der Waals surface area contributed by atoms with Crippen LogP contribution in [0.25, 0.3) is 0 Å². The zero-order valence-corrected chi connectivity index (χ0v) is 16.6. The Morgan fingerprint density at radius 2 is 1.39 bits per heavy atom. The van der Waals surface area contributed by atoms with Gasteiger partial charge in [-0.2, -0.15) is 0 Å². The molecule has 0 amide bonds. The third-order valence-corrected chi connectivity index (χ3v) is 4.34. The van der Waals surface area contributed by atoms with Gasteiger partial charge in [-0.25, -0.2) is 9.59 Å². The van der Waals surface area contributed by atoms with Crippen molar-refractivity contribution in [2.75, 3.05) is 13.7 Å². The van der Waals surface area contributed by atoms with Crippen molar-refractivity contribution in [1.29, 1.82) is 0 Å². The molecule has 2 aromatic rings. The first-order chi connectivity index (χ1) is 13.6. The molecule has 0 aliphatic carbocycles. The Balaban J connectivity index is 1.79. The lowest BCUT2D eigenvalue weighted by molar-refractivity contribution is 0.0497. The maximum Gasteiger partial charge on any atom is 0.343 e. The van der Waals surface area contributed by atoms with Gasteiger partial charge in [0, 0.05) is 6.07 Å². The number of carbonyl (C=O) groups is 2. The van der Waals surface area contributed by atoms with E-state index in [9.17, 15) is 9.59 Å². The summed E-state index contributed by atoms with van der Waals surface area (Å²) in [4.78, 5) is 24.3. The largest absolute Gasteiger partial charge is 0.497 e. The number of hydrogen-bond acceptors (Lipinski definition) is 5. The van der Waals surface area contributed by atoms with E-state index in [1.54, 1.807) is 55.6 Å². The molecule has 0 N–H and O–H groups in total. The Morgan fingerprint density at radius 1 is 0.786 bits per heavy atom. The molecule has 150 valence electrons. The topological polar surface area (TPSA) is 61.8 Å². The number of hydrogen-bond donors (Lipinski definition) is 0. The predicted molar refractivity (Wildman–Crippen MR) is 108 cm³/mol. The highest BCUT2D eigenvalue weighted by Crippen LogP contribution is 2.20. The van der Waals surface area contributed by atoms with Crippen LogP contribution in [-0.4, -0.2) is 25.7 Å². The molecule has 0 saturated carbocycles. The molecular weight excluding hydrogens is 356 g/mol. The maximum atomic E-state index is 12.2. The van der Waals surface area contributed by atoms with Gasteiger partial charge in [-0.3, -0.25) is 0 Å². The first-order valence-corrected chi connectivity index (χ1v) is 9.77. The molecule has 0 aromatic heterocycles. The molecule has 0 fully saturated rings. The summed E-state index contributed by atoms with van der Waals surface area (Å²) in [6, 6.07) is 13.1. The summed E-state index contributed by atoms with van der Waals surface area (Å²) < 4.78 is 15.7. The van der Waals surface area contributed by atoms with Gasteiger partial charge in [-0.15, -0.1) is 0 Å². The second kappa shape index (κ2) is 11.8. The summed E-state index contributed by atoms with van der Waals surface area (Å²) in [5, 5.41) is 0. The van der Waals surface area contributed by atoms with Crippen LogP contribution >= 0.6 is 0 Å². The lowest BCUT2D eigenvalue weighted by Crippen LogP contribution is -2.10. The second-order valence-corrected chi connectivity index (χ2v) is 6.55. The van der Waals surface area contributed by atoms with Crippen molar-refractivity contribution in [3.05, 3.63) is 59.7 Å². The monoisotopic (exact) mass is 384 g/mol. The smallest absolute Gasteiger partial charge is 0.343 e. The number of methoxy groups -OCH3 is 1. The lowest BCUT2D eigenvalue weighted by Gasteiger charge is -2.07. The summed E-state index contributed by atoms with van der Waals surface area (Å²) in [6.07, 6.45) is 6.83. The van der Waals surface area contributed by atoms with E-state index in [1.807, 2.05) is 0 Å². The number of esters is 2. The van der Waals surface area contributed by atoms with Gasteiger partial charge in [0.2, 0.25) is 0 Å². The first-order valence-electron chi connectivity index (χ1n) is 9.77. The summed E-state index contributed by atoms with van der Waals surface area (Å²) >= 11 is 0. The highest BCUT2D eigenvalue weighted by atomic mass is 16.5. The first kappa shape index (κ1) is 21.5. The van der Waals surface area contributed by atoms with Gasteiger partial charge >= 0.3 is 11.9 Å². The average Bonchev–Trinajstić information content (AvgIpc) is 2.73. The average molecular weight is 384 g/mol. The van der Waals surface area contributed by atoms with Crippen LogP contribution in [0.1, 0.15) is 66.2 Å². The summed E-state index contributed by atoms with van der Waals surface area (Å²) in [7, 11) is 1.55. The van der Waals surface area contributed by atoms with Gasteiger partial charge in [0.15, 0.2) is 0 Å². The highest BCUT2D eigenvalue weighted by molar-refractivity contribution is 5.94. The Labute approximate surface area is 166 Å². The Bertz CT molecular complexity index is 752. The molecule has 28 heavy (non-hydrogen) atoms. The van der Waals surface area contributed by atoms with Crippen molar-refractivity contribution in [1.82, 2.24) is 0 Å². The molecule has 2 rings (SSSR count). The molecule has 2 aromatic carbocycles. The van der Waals surface area contributed by atoms with E-state index < -0.39 is 5.97 Å². The van der Waals surface area contributed by atoms with Crippen LogP contribution in [0.3, 0.4) is 0 Å². The van der Waals surface area contributed by atoms with Crippen LogP contribution < -0.4 is 9.47 Å². The molecule has 0 saturated heterocycles. The minimum Gasteiger partial charge on any atom is -0.497 e. The molecule has 0 aliphatic heterocycles. The standard InChI is InChI=1S/C23H28O5/c1-3-4-5-6-7-8-16-27-22(24)18-12-14-19(15-13-18)23(25)28-21-11-9-10-20(17-21)26-2/h9-15,17H,3-8,16H2,1-2H3. The fraction of sp³-hybridized carbons (Fsp3) is 0.391. The molecule has 0 unspecified atom stereocenters. The van der Waals surface area contributed by atoms with Crippen LogP contribution in [0, 0.1) is 0 Å². The third-order valence-electron chi connectivity index (χ3n) is 4.34. The Kier molecular flexibility index (Phi) is 9.05. The predicted octanol–water partition coefficient (Wildman–Crippen LogP) is 5.43. The Morgan fingerprint density at radius 3 is 2.07 bits per heavy atom. The van der Waals surface area contributed by atoms with Gasteiger partial charge in [0.05, 0.1) is 24.8 Å². The fourth-order valence-corrected chi connectivity index (χ4v) is 2.70. The summed E-state index contributed by atoms with van der Waals surface area (Å²) in [5.41, 5.74) is 0.777. The SMILES string of the molecule is CCCCCCCCOC(=O)c1ccc(C(=O)Oc2cccc(OC)c2)cc1. The van der Waals surface area contributed by atoms with Crippen molar-refractivity contribution >= 4 is 11.9 Å². The number of ether oxygens (including phenoxy) is 3. The van der Waals surface area contributed by atoms with E-state index in [2.05, 4.69) is 6.92 Å². The number of rotatable bonds is 11. The van der Waals surface area contributed by atoms with E-state index in [-0.39, 0.29) is 5.97 Å². The van der Waals surface area contributed by atoms with E-state index in [0.717, 1.165) is 12.8 Å². The van der Waals surface area contributed by atoms with Crippen LogP contribution in [0.4, 0.5) is 0 Å². The van der Waals surface area contributed by atoms with Gasteiger partial charge in [0.25, 0.3) is 0 Å². The lowest BCUT2D eigenvalue weighted by atomic mass is 10.1. The fourth-order valence-electron chi connectivity index (χ4n) is 2.70. The zero-order valence-electron chi connectivity index (χ0n) is 16.6. The molecule has 0 spiro atoms. The van der Waals surface area contributed by atoms with Crippen molar-refractivity contribution < 1.29 is 23.8 Å². The van der Waals surface area contributed by atoms with Crippen LogP contribution in [0.15, 0.2) is 48.5 Å². The molecule has 0 bridgehead atoms.